The first-order valence-corrected chi connectivity index (χ1v) is 9.22. The van der Waals surface area contributed by atoms with E-state index in [0.717, 1.165) is 0 Å². The second-order valence-electron chi connectivity index (χ2n) is 5.95. The summed E-state index contributed by atoms with van der Waals surface area (Å²) in [5.74, 6) is -1.57. The minimum atomic E-state index is -1.27. The van der Waals surface area contributed by atoms with E-state index in [-0.39, 0.29) is 17.3 Å². The molecule has 9 heteroatoms. The number of rotatable bonds is 7. The number of carbonyl (C=O) groups is 3. The van der Waals surface area contributed by atoms with Crippen LogP contribution in [0.3, 0.4) is 0 Å². The van der Waals surface area contributed by atoms with Crippen molar-refractivity contribution in [1.29, 1.82) is 0 Å². The molecule has 2 amide bonds. The maximum atomic E-state index is 13.7. The van der Waals surface area contributed by atoms with Crippen molar-refractivity contribution in [2.24, 2.45) is 0 Å². The third-order valence-electron chi connectivity index (χ3n) is 3.99. The van der Waals surface area contributed by atoms with Crippen molar-refractivity contribution >= 4 is 35.0 Å². The zero-order chi connectivity index (χ0) is 21.0. The first-order chi connectivity index (χ1) is 13.9. The Morgan fingerprint density at radius 2 is 1.97 bits per heavy atom. The molecule has 1 aliphatic rings. The lowest BCUT2D eigenvalue weighted by Gasteiger charge is -2.12. The summed E-state index contributed by atoms with van der Waals surface area (Å²) in [6, 6.07) is 11.1. The monoisotopic (exact) mass is 417 g/mol. The highest BCUT2D eigenvalue weighted by Crippen LogP contribution is 2.34. The van der Waals surface area contributed by atoms with Crippen molar-refractivity contribution in [2.75, 3.05) is 13.7 Å². The third kappa shape index (κ3) is 4.75. The zero-order valence-corrected chi connectivity index (χ0v) is 16.1. The highest BCUT2D eigenvalue weighted by atomic mass is 32.2. The first kappa shape index (κ1) is 20.4. The van der Waals surface area contributed by atoms with Gasteiger partial charge in [0.05, 0.1) is 12.0 Å². The zero-order valence-electron chi connectivity index (χ0n) is 15.3. The highest BCUT2D eigenvalue weighted by molar-refractivity contribution is 8.18. The van der Waals surface area contributed by atoms with Gasteiger partial charge in [-0.1, -0.05) is 24.3 Å². The molecule has 150 valence electrons. The van der Waals surface area contributed by atoms with Gasteiger partial charge in [-0.2, -0.15) is 0 Å². The molecule has 7 nitrogen and oxygen atoms in total. The number of aliphatic carboxylic acids is 1. The summed E-state index contributed by atoms with van der Waals surface area (Å²) in [4.78, 5) is 35.6. The van der Waals surface area contributed by atoms with Gasteiger partial charge in [-0.15, -0.1) is 0 Å². The molecule has 1 aliphatic heterocycles. The van der Waals surface area contributed by atoms with Gasteiger partial charge >= 0.3 is 5.97 Å². The maximum Gasteiger partial charge on any atom is 0.323 e. The molecular formula is C20H16FNO6S. The fraction of sp³-hybridized carbons (Fsp3) is 0.150. The molecule has 1 heterocycles. The van der Waals surface area contributed by atoms with E-state index in [1.165, 1.54) is 19.3 Å². The van der Waals surface area contributed by atoms with Crippen LogP contribution in [-0.4, -0.2) is 40.8 Å². The predicted octanol–water partition coefficient (Wildman–Crippen LogP) is 3.53. The van der Waals surface area contributed by atoms with Crippen LogP contribution in [0.1, 0.15) is 11.1 Å². The summed E-state index contributed by atoms with van der Waals surface area (Å²) in [5, 5.41) is 8.17. The lowest BCUT2D eigenvalue weighted by molar-refractivity contribution is -0.140. The molecule has 29 heavy (non-hydrogen) atoms. The van der Waals surface area contributed by atoms with E-state index in [1.807, 2.05) is 0 Å². The first-order valence-electron chi connectivity index (χ1n) is 8.40. The number of carbonyl (C=O) groups excluding carboxylic acids is 2. The van der Waals surface area contributed by atoms with E-state index in [4.69, 9.17) is 14.6 Å². The molecule has 0 bridgehead atoms. The lowest BCUT2D eigenvalue weighted by Crippen LogP contribution is -2.33. The smallest absolute Gasteiger partial charge is 0.323 e. The van der Waals surface area contributed by atoms with Crippen LogP contribution in [0.5, 0.6) is 11.5 Å². The molecular weight excluding hydrogens is 401 g/mol. The Labute approximate surface area is 169 Å². The van der Waals surface area contributed by atoms with Crippen LogP contribution in [0, 0.1) is 5.82 Å². The van der Waals surface area contributed by atoms with Gasteiger partial charge < -0.3 is 14.6 Å². The summed E-state index contributed by atoms with van der Waals surface area (Å²) in [6.07, 6.45) is 1.47. The fourth-order valence-electron chi connectivity index (χ4n) is 2.59. The molecule has 0 radical (unpaired) electrons. The van der Waals surface area contributed by atoms with E-state index in [0.29, 0.717) is 39.3 Å². The molecule has 0 aromatic heterocycles. The van der Waals surface area contributed by atoms with Gasteiger partial charge in [0.15, 0.2) is 11.5 Å². The normalized spacial score (nSPS) is 15.1. The van der Waals surface area contributed by atoms with Gasteiger partial charge in [0, 0.05) is 5.56 Å². The average molecular weight is 417 g/mol. The van der Waals surface area contributed by atoms with E-state index >= 15 is 0 Å². The molecule has 0 spiro atoms. The van der Waals surface area contributed by atoms with Crippen LogP contribution < -0.4 is 9.47 Å². The molecule has 3 rings (SSSR count). The molecule has 0 unspecified atom stereocenters. The lowest BCUT2D eigenvalue weighted by atomic mass is 10.1. The Bertz CT molecular complexity index is 1010. The number of thioether (sulfide) groups is 1. The number of carboxylic acid groups (broad SMARTS) is 1. The van der Waals surface area contributed by atoms with Gasteiger partial charge in [-0.3, -0.25) is 19.3 Å². The second-order valence-corrected chi connectivity index (χ2v) is 6.95. The molecule has 2 aromatic rings. The average Bonchev–Trinajstić information content (AvgIpc) is 2.95. The summed E-state index contributed by atoms with van der Waals surface area (Å²) in [5.41, 5.74) is 0.951. The van der Waals surface area contributed by atoms with Crippen molar-refractivity contribution in [1.82, 2.24) is 4.90 Å². The van der Waals surface area contributed by atoms with Gasteiger partial charge in [0.25, 0.3) is 11.1 Å². The Hall–Kier alpha value is -3.33. The standard InChI is InChI=1S/C20H16FNO6S/c1-27-16-8-12(9-17-19(25)22(10-18(23)24)20(26)29-17)6-7-15(16)28-11-13-4-2-3-5-14(13)21/h2-9H,10-11H2,1H3,(H,23,24)/b17-9+. The summed E-state index contributed by atoms with van der Waals surface area (Å²) in [6.45, 7) is -0.676. The SMILES string of the molecule is COc1cc(/C=C2/SC(=O)N(CC(=O)O)C2=O)ccc1OCc1ccccc1F. The maximum absolute atomic E-state index is 13.7. The van der Waals surface area contributed by atoms with Crippen LogP contribution in [0.25, 0.3) is 6.08 Å². The number of ether oxygens (including phenoxy) is 2. The number of nitrogens with zero attached hydrogens (tertiary/aromatic N) is 1. The molecule has 2 aromatic carbocycles. The number of carboxylic acids is 1. The molecule has 1 saturated heterocycles. The molecule has 1 N–H and O–H groups in total. The van der Waals surface area contributed by atoms with Crippen LogP contribution in [0.4, 0.5) is 9.18 Å². The number of benzene rings is 2. The number of methoxy groups -OCH3 is 1. The second kappa shape index (κ2) is 8.78. The van der Waals surface area contributed by atoms with E-state index < -0.39 is 23.7 Å². The highest BCUT2D eigenvalue weighted by Gasteiger charge is 2.36. The van der Waals surface area contributed by atoms with Crippen LogP contribution >= 0.6 is 11.8 Å². The molecule has 0 saturated carbocycles. The fourth-order valence-corrected chi connectivity index (χ4v) is 3.43. The van der Waals surface area contributed by atoms with Crippen molar-refractivity contribution in [3.63, 3.8) is 0 Å². The molecule has 1 fully saturated rings. The number of imide groups is 1. The topological polar surface area (TPSA) is 93.1 Å². The van der Waals surface area contributed by atoms with Crippen molar-refractivity contribution in [3.05, 3.63) is 64.3 Å². The van der Waals surface area contributed by atoms with Crippen LogP contribution in [0.15, 0.2) is 47.4 Å². The summed E-state index contributed by atoms with van der Waals surface area (Å²) in [7, 11) is 1.44. The van der Waals surface area contributed by atoms with Crippen molar-refractivity contribution in [2.45, 2.75) is 6.61 Å². The minimum Gasteiger partial charge on any atom is -0.493 e. The van der Waals surface area contributed by atoms with Gasteiger partial charge in [0.2, 0.25) is 0 Å². The Balaban J connectivity index is 1.77. The van der Waals surface area contributed by atoms with Gasteiger partial charge in [-0.25, -0.2) is 4.39 Å². The summed E-state index contributed by atoms with van der Waals surface area (Å²) >= 11 is 0.667. The van der Waals surface area contributed by atoms with Gasteiger partial charge in [-0.05, 0) is 41.6 Å². The number of amides is 2. The third-order valence-corrected chi connectivity index (χ3v) is 4.90. The Morgan fingerprint density at radius 3 is 2.66 bits per heavy atom. The minimum absolute atomic E-state index is 0.0104. The number of hydrogen-bond donors (Lipinski definition) is 1. The predicted molar refractivity (Wildman–Crippen MR) is 104 cm³/mol. The Kier molecular flexibility index (Phi) is 6.18. The van der Waals surface area contributed by atoms with Crippen LogP contribution in [0.2, 0.25) is 0 Å². The largest absolute Gasteiger partial charge is 0.493 e. The van der Waals surface area contributed by atoms with Crippen LogP contribution in [-0.2, 0) is 16.2 Å². The quantitative estimate of drug-likeness (QED) is 0.689. The van der Waals surface area contributed by atoms with Crippen molar-refractivity contribution in [3.8, 4) is 11.5 Å². The molecule has 0 atom stereocenters. The van der Waals surface area contributed by atoms with E-state index in [2.05, 4.69) is 0 Å². The molecule has 0 aliphatic carbocycles. The van der Waals surface area contributed by atoms with Gasteiger partial charge in [0.1, 0.15) is 19.0 Å². The number of hydrogen-bond acceptors (Lipinski definition) is 6. The summed E-state index contributed by atoms with van der Waals surface area (Å²) < 4.78 is 24.7. The van der Waals surface area contributed by atoms with Crippen molar-refractivity contribution < 1.29 is 33.4 Å². The van der Waals surface area contributed by atoms with E-state index in [9.17, 15) is 18.8 Å². The Morgan fingerprint density at radius 1 is 1.21 bits per heavy atom. The number of halogens is 1. The van der Waals surface area contributed by atoms with E-state index in [1.54, 1.807) is 36.4 Å².